The predicted molar refractivity (Wildman–Crippen MR) is 112 cm³/mol. The van der Waals surface area contributed by atoms with E-state index in [-0.39, 0.29) is 12.5 Å². The molecule has 0 aliphatic rings. The number of amides is 1. The lowest BCUT2D eigenvalue weighted by Gasteiger charge is -2.12. The zero-order valence-corrected chi connectivity index (χ0v) is 16.9. The molecule has 0 aliphatic carbocycles. The molecule has 1 unspecified atom stereocenters. The van der Waals surface area contributed by atoms with Crippen molar-refractivity contribution in [2.45, 2.75) is 26.6 Å². The first-order chi connectivity index (χ1) is 13.4. The molecule has 2 heterocycles. The zero-order valence-electron chi connectivity index (χ0n) is 15.4. The van der Waals surface area contributed by atoms with Crippen LogP contribution in [0.1, 0.15) is 39.2 Å². The summed E-state index contributed by atoms with van der Waals surface area (Å²) in [6, 6.07) is 10.8. The number of rotatable bonds is 6. The highest BCUT2D eigenvalue weighted by Gasteiger charge is 2.21. The molecule has 1 atom stereocenters. The molecule has 2 aromatic heterocycles. The number of aromatic amines is 1. The first-order valence-electron chi connectivity index (χ1n) is 8.50. The van der Waals surface area contributed by atoms with E-state index in [1.54, 1.807) is 32.0 Å². The fourth-order valence-electron chi connectivity index (χ4n) is 2.59. The first kappa shape index (κ1) is 20.1. The van der Waals surface area contributed by atoms with Gasteiger partial charge in [0.25, 0.3) is 5.91 Å². The smallest absolute Gasteiger partial charge is 0.269 e. The van der Waals surface area contributed by atoms with Crippen molar-refractivity contribution < 1.29 is 9.90 Å². The second kappa shape index (κ2) is 8.55. The lowest BCUT2D eigenvalue weighted by Crippen LogP contribution is -2.29. The maximum Gasteiger partial charge on any atom is 0.269 e. The minimum atomic E-state index is -0.733. The van der Waals surface area contributed by atoms with Gasteiger partial charge in [-0.15, -0.1) is 11.3 Å². The lowest BCUT2D eigenvalue weighted by molar-refractivity contribution is 0.0933. The number of benzene rings is 1. The van der Waals surface area contributed by atoms with Crippen LogP contribution in [0.5, 0.6) is 0 Å². The fraction of sp³-hybridized carbons (Fsp3) is 0.211. The summed E-state index contributed by atoms with van der Waals surface area (Å²) in [6.45, 7) is 3.32. The third-order valence-corrected chi connectivity index (χ3v) is 5.42. The van der Waals surface area contributed by atoms with E-state index >= 15 is 0 Å². The number of aliphatic hydroxyl groups excluding tert-OH is 1. The number of hydrogen-bond acceptors (Lipinski definition) is 5. The lowest BCUT2D eigenvalue weighted by atomic mass is 10.2. The van der Waals surface area contributed by atoms with E-state index in [1.165, 1.54) is 11.3 Å². The molecule has 0 fully saturated rings. The number of hydrogen-bond donors (Lipinski definition) is 4. The SMILES string of the molecule is CC(N)=NC(NC(=O)c1ccc(-c2ccc(Cl)cc2)[nH]1)c1nc(C)c(CO)s1. The second-order valence-electron chi connectivity index (χ2n) is 6.16. The summed E-state index contributed by atoms with van der Waals surface area (Å²) in [5, 5.41) is 13.4. The average Bonchev–Trinajstić information content (AvgIpc) is 3.28. The summed E-state index contributed by atoms with van der Waals surface area (Å²) >= 11 is 7.21. The van der Waals surface area contributed by atoms with Crippen molar-refractivity contribution in [1.29, 1.82) is 0 Å². The normalized spacial score (nSPS) is 12.8. The predicted octanol–water partition coefficient (Wildman–Crippen LogP) is 3.40. The van der Waals surface area contributed by atoms with Gasteiger partial charge in [0.05, 0.1) is 23.0 Å². The summed E-state index contributed by atoms with van der Waals surface area (Å²) in [7, 11) is 0. The molecule has 0 bridgehead atoms. The molecule has 28 heavy (non-hydrogen) atoms. The summed E-state index contributed by atoms with van der Waals surface area (Å²) in [5.74, 6) is -0.0225. The van der Waals surface area contributed by atoms with Gasteiger partial charge in [-0.05, 0) is 43.7 Å². The van der Waals surface area contributed by atoms with Crippen molar-refractivity contribution in [2.24, 2.45) is 10.7 Å². The van der Waals surface area contributed by atoms with E-state index in [2.05, 4.69) is 20.3 Å². The number of carbonyl (C=O) groups excluding carboxylic acids is 1. The Labute approximate surface area is 171 Å². The molecule has 1 amide bonds. The number of aryl methyl sites for hydroxylation is 1. The number of thiazole rings is 1. The Morgan fingerprint density at radius 2 is 2.07 bits per heavy atom. The van der Waals surface area contributed by atoms with Crippen molar-refractivity contribution in [1.82, 2.24) is 15.3 Å². The highest BCUT2D eigenvalue weighted by Crippen LogP contribution is 2.26. The molecular formula is C19H20ClN5O2S. The van der Waals surface area contributed by atoms with E-state index < -0.39 is 6.17 Å². The molecule has 9 heteroatoms. The van der Waals surface area contributed by atoms with Crippen molar-refractivity contribution in [3.8, 4) is 11.3 Å². The summed E-state index contributed by atoms with van der Waals surface area (Å²) in [6.07, 6.45) is -0.733. The monoisotopic (exact) mass is 417 g/mol. The van der Waals surface area contributed by atoms with Crippen LogP contribution in [0.25, 0.3) is 11.3 Å². The number of aliphatic hydroxyl groups is 1. The number of nitrogens with two attached hydrogens (primary N) is 1. The third-order valence-electron chi connectivity index (χ3n) is 3.97. The van der Waals surface area contributed by atoms with Crippen LogP contribution in [0.15, 0.2) is 41.4 Å². The van der Waals surface area contributed by atoms with Crippen LogP contribution in [0.2, 0.25) is 5.02 Å². The summed E-state index contributed by atoms with van der Waals surface area (Å²) in [4.78, 5) is 25.2. The number of nitrogens with one attached hydrogen (secondary N) is 2. The average molecular weight is 418 g/mol. The Morgan fingerprint density at radius 1 is 1.36 bits per heavy atom. The summed E-state index contributed by atoms with van der Waals surface area (Å²) < 4.78 is 0. The van der Waals surface area contributed by atoms with E-state index in [0.717, 1.165) is 16.1 Å². The molecule has 3 rings (SSSR count). The Bertz CT molecular complexity index is 1010. The van der Waals surface area contributed by atoms with Gasteiger partial charge in [0.2, 0.25) is 0 Å². The molecule has 0 spiro atoms. The molecule has 0 saturated carbocycles. The standard InChI is InChI=1S/C19H20ClN5O2S/c1-10-16(9-26)28-19(22-10)17(23-11(2)21)25-18(27)15-8-7-14(24-15)12-3-5-13(20)6-4-12/h3-8,17,24,26H,9H2,1-2H3,(H2,21,23)(H,25,27). The molecule has 0 saturated heterocycles. The number of H-pyrrole nitrogens is 1. The number of halogens is 1. The van der Waals surface area contributed by atoms with Gasteiger partial charge in [0, 0.05) is 10.7 Å². The Morgan fingerprint density at radius 3 is 2.68 bits per heavy atom. The second-order valence-corrected chi connectivity index (χ2v) is 7.71. The van der Waals surface area contributed by atoms with Crippen LogP contribution in [0.3, 0.4) is 0 Å². The van der Waals surface area contributed by atoms with Crippen molar-refractivity contribution in [2.75, 3.05) is 0 Å². The van der Waals surface area contributed by atoms with Gasteiger partial charge in [0.15, 0.2) is 6.17 Å². The third kappa shape index (κ3) is 4.59. The van der Waals surface area contributed by atoms with Crippen molar-refractivity contribution in [3.05, 3.63) is 62.7 Å². The minimum Gasteiger partial charge on any atom is -0.391 e. The molecule has 0 aliphatic heterocycles. The van der Waals surface area contributed by atoms with Gasteiger partial charge in [-0.3, -0.25) is 4.79 Å². The maximum atomic E-state index is 12.7. The van der Waals surface area contributed by atoms with Crippen molar-refractivity contribution >= 4 is 34.7 Å². The maximum absolute atomic E-state index is 12.7. The van der Waals surface area contributed by atoms with E-state index in [9.17, 15) is 9.90 Å². The largest absolute Gasteiger partial charge is 0.391 e. The zero-order chi connectivity index (χ0) is 20.3. The Kier molecular flexibility index (Phi) is 6.13. The van der Waals surface area contributed by atoms with Gasteiger partial charge >= 0.3 is 0 Å². The molecule has 146 valence electrons. The van der Waals surface area contributed by atoms with Gasteiger partial charge < -0.3 is 21.1 Å². The molecule has 1 aromatic carbocycles. The van der Waals surface area contributed by atoms with E-state index in [0.29, 0.717) is 27.3 Å². The Hall–Kier alpha value is -2.68. The molecular weight excluding hydrogens is 398 g/mol. The number of aromatic nitrogens is 2. The molecule has 5 N–H and O–H groups in total. The summed E-state index contributed by atoms with van der Waals surface area (Å²) in [5.41, 5.74) is 8.52. The van der Waals surface area contributed by atoms with Crippen LogP contribution in [-0.4, -0.2) is 26.8 Å². The van der Waals surface area contributed by atoms with E-state index in [1.807, 2.05) is 18.2 Å². The van der Waals surface area contributed by atoms with Crippen molar-refractivity contribution in [3.63, 3.8) is 0 Å². The molecule has 3 aromatic rings. The highest BCUT2D eigenvalue weighted by atomic mass is 35.5. The Balaban J connectivity index is 1.82. The van der Waals surface area contributed by atoms with Crippen LogP contribution < -0.4 is 11.1 Å². The number of aliphatic imine (C=N–C) groups is 1. The number of amidine groups is 1. The van der Waals surface area contributed by atoms with Gasteiger partial charge in [-0.2, -0.15) is 0 Å². The number of nitrogens with zero attached hydrogens (tertiary/aromatic N) is 2. The van der Waals surface area contributed by atoms with Gasteiger partial charge in [-0.25, -0.2) is 9.98 Å². The van der Waals surface area contributed by atoms with Crippen LogP contribution >= 0.6 is 22.9 Å². The molecule has 7 nitrogen and oxygen atoms in total. The van der Waals surface area contributed by atoms with Gasteiger partial charge in [-0.1, -0.05) is 23.7 Å². The van der Waals surface area contributed by atoms with Crippen LogP contribution in [0.4, 0.5) is 0 Å². The quantitative estimate of drug-likeness (QED) is 0.363. The minimum absolute atomic E-state index is 0.115. The fourth-order valence-corrected chi connectivity index (χ4v) is 3.64. The first-order valence-corrected chi connectivity index (χ1v) is 9.69. The van der Waals surface area contributed by atoms with E-state index in [4.69, 9.17) is 17.3 Å². The topological polar surface area (TPSA) is 116 Å². The van der Waals surface area contributed by atoms with Gasteiger partial charge in [0.1, 0.15) is 10.7 Å². The van der Waals surface area contributed by atoms with Crippen LogP contribution in [0, 0.1) is 6.92 Å². The highest BCUT2D eigenvalue weighted by molar-refractivity contribution is 7.11. The number of carbonyl (C=O) groups is 1. The molecule has 0 radical (unpaired) electrons. The van der Waals surface area contributed by atoms with Crippen LogP contribution in [-0.2, 0) is 6.61 Å².